The van der Waals surface area contributed by atoms with Crippen LogP contribution in [0.3, 0.4) is 0 Å². The molecule has 0 fully saturated rings. The number of nitrogens with one attached hydrogen (secondary N) is 1. The van der Waals surface area contributed by atoms with E-state index in [1.54, 1.807) is 18.2 Å². The van der Waals surface area contributed by atoms with Crippen LogP contribution in [0.1, 0.15) is 24.1 Å². The van der Waals surface area contributed by atoms with E-state index in [0.717, 1.165) is 12.1 Å². The molecule has 0 aliphatic rings. The molecule has 2 rings (SSSR count). The molecule has 0 saturated heterocycles. The van der Waals surface area contributed by atoms with Crippen molar-refractivity contribution in [1.82, 2.24) is 5.32 Å². The van der Waals surface area contributed by atoms with Crippen LogP contribution in [0.5, 0.6) is 0 Å². The van der Waals surface area contributed by atoms with Gasteiger partial charge < -0.3 is 5.32 Å². The molecule has 6 heteroatoms. The molecule has 0 heterocycles. The monoisotopic (exact) mass is 349 g/mol. The van der Waals surface area contributed by atoms with Crippen LogP contribution >= 0.6 is 34.8 Å². The number of hydrogen-bond acceptors (Lipinski definition) is 1. The van der Waals surface area contributed by atoms with Gasteiger partial charge in [-0.1, -0.05) is 47.8 Å². The first-order valence-electron chi connectivity index (χ1n) is 6.26. The molecular formula is C15H12Cl3F2N. The summed E-state index contributed by atoms with van der Waals surface area (Å²) in [5.41, 5.74) is 0.756. The molecule has 2 aromatic rings. The van der Waals surface area contributed by atoms with E-state index in [4.69, 9.17) is 34.8 Å². The summed E-state index contributed by atoms with van der Waals surface area (Å²) in [6.07, 6.45) is 0. The van der Waals surface area contributed by atoms with Crippen LogP contribution in [0.4, 0.5) is 8.78 Å². The molecule has 0 bridgehead atoms. The van der Waals surface area contributed by atoms with Crippen LogP contribution in [0.15, 0.2) is 30.3 Å². The van der Waals surface area contributed by atoms with Crippen molar-refractivity contribution in [2.75, 3.05) is 6.54 Å². The fraction of sp³-hybridized carbons (Fsp3) is 0.200. The largest absolute Gasteiger partial charge is 0.306 e. The van der Waals surface area contributed by atoms with Crippen molar-refractivity contribution in [1.29, 1.82) is 0 Å². The Morgan fingerprint density at radius 2 is 1.67 bits per heavy atom. The van der Waals surface area contributed by atoms with E-state index in [-0.39, 0.29) is 10.6 Å². The van der Waals surface area contributed by atoms with Gasteiger partial charge in [-0.2, -0.15) is 0 Å². The minimum Gasteiger partial charge on any atom is -0.306 e. The minimum atomic E-state index is -0.680. The first-order valence-corrected chi connectivity index (χ1v) is 7.40. The summed E-state index contributed by atoms with van der Waals surface area (Å²) in [5, 5.41) is 3.68. The molecule has 1 atom stereocenters. The van der Waals surface area contributed by atoms with Crippen molar-refractivity contribution in [3.63, 3.8) is 0 Å². The van der Waals surface area contributed by atoms with Gasteiger partial charge >= 0.3 is 0 Å². The Labute approximate surface area is 136 Å². The third-order valence-electron chi connectivity index (χ3n) is 3.03. The highest BCUT2D eigenvalue weighted by atomic mass is 35.5. The molecule has 0 aliphatic heterocycles. The van der Waals surface area contributed by atoms with Crippen molar-refractivity contribution in [3.8, 4) is 0 Å². The number of benzene rings is 2. The molecule has 21 heavy (non-hydrogen) atoms. The van der Waals surface area contributed by atoms with E-state index >= 15 is 0 Å². The summed E-state index contributed by atoms with van der Waals surface area (Å²) >= 11 is 17.6. The van der Waals surface area contributed by atoms with Crippen LogP contribution in [-0.2, 0) is 0 Å². The van der Waals surface area contributed by atoms with Crippen LogP contribution in [0.25, 0.3) is 0 Å². The highest BCUT2D eigenvalue weighted by Gasteiger charge is 2.21. The van der Waals surface area contributed by atoms with Gasteiger partial charge in [0.2, 0.25) is 0 Å². The number of rotatable bonds is 4. The lowest BCUT2D eigenvalue weighted by atomic mass is 9.98. The van der Waals surface area contributed by atoms with Gasteiger partial charge in [0.05, 0.1) is 11.1 Å². The molecule has 1 unspecified atom stereocenters. The fourth-order valence-electron chi connectivity index (χ4n) is 2.09. The molecule has 1 N–H and O–H groups in total. The quantitative estimate of drug-likeness (QED) is 0.705. The van der Waals surface area contributed by atoms with Crippen molar-refractivity contribution in [2.45, 2.75) is 13.0 Å². The van der Waals surface area contributed by atoms with Gasteiger partial charge in [0.15, 0.2) is 0 Å². The molecule has 0 radical (unpaired) electrons. The lowest BCUT2D eigenvalue weighted by Crippen LogP contribution is -2.23. The zero-order valence-electron chi connectivity index (χ0n) is 11.1. The highest BCUT2D eigenvalue weighted by Crippen LogP contribution is 2.33. The first-order chi connectivity index (χ1) is 9.93. The Balaban J connectivity index is 2.55. The Hall–Kier alpha value is -0.870. The van der Waals surface area contributed by atoms with Crippen molar-refractivity contribution in [2.24, 2.45) is 0 Å². The smallest absolute Gasteiger partial charge is 0.142 e. The zero-order valence-corrected chi connectivity index (χ0v) is 13.3. The summed E-state index contributed by atoms with van der Waals surface area (Å²) in [4.78, 5) is 0. The molecule has 0 aromatic heterocycles. The SMILES string of the molecule is CCNC(c1cc(F)c(Cl)cc1F)c1ccc(Cl)cc1Cl. The second-order valence-electron chi connectivity index (χ2n) is 4.44. The molecule has 1 nitrogen and oxygen atoms in total. The predicted molar refractivity (Wildman–Crippen MR) is 83.3 cm³/mol. The normalized spacial score (nSPS) is 12.5. The van der Waals surface area contributed by atoms with E-state index in [9.17, 15) is 8.78 Å². The van der Waals surface area contributed by atoms with E-state index in [2.05, 4.69) is 5.32 Å². The van der Waals surface area contributed by atoms with Gasteiger partial charge in [-0.25, -0.2) is 8.78 Å². The van der Waals surface area contributed by atoms with E-state index < -0.39 is 17.7 Å². The summed E-state index contributed by atoms with van der Waals surface area (Å²) in [7, 11) is 0. The maximum Gasteiger partial charge on any atom is 0.142 e. The zero-order chi connectivity index (χ0) is 15.6. The molecular weight excluding hydrogens is 339 g/mol. The number of hydrogen-bond donors (Lipinski definition) is 1. The molecule has 2 aromatic carbocycles. The summed E-state index contributed by atoms with van der Waals surface area (Å²) in [6, 6.07) is 6.34. The van der Waals surface area contributed by atoms with Gasteiger partial charge in [0.25, 0.3) is 0 Å². The molecule has 0 aliphatic carbocycles. The van der Waals surface area contributed by atoms with Crippen LogP contribution in [0.2, 0.25) is 15.1 Å². The number of halogens is 5. The van der Waals surface area contributed by atoms with Crippen LogP contribution in [-0.4, -0.2) is 6.54 Å². The Kier molecular flexibility index (Phi) is 5.44. The topological polar surface area (TPSA) is 12.0 Å². The summed E-state index contributed by atoms with van der Waals surface area (Å²) in [6.45, 7) is 2.41. The van der Waals surface area contributed by atoms with E-state index in [1.165, 1.54) is 0 Å². The van der Waals surface area contributed by atoms with E-state index in [1.807, 2.05) is 6.92 Å². The Morgan fingerprint density at radius 1 is 0.952 bits per heavy atom. The summed E-state index contributed by atoms with van der Waals surface area (Å²) in [5.74, 6) is -1.28. The predicted octanol–water partition coefficient (Wildman–Crippen LogP) is 5.62. The lowest BCUT2D eigenvalue weighted by molar-refractivity contribution is 0.545. The third kappa shape index (κ3) is 3.67. The van der Waals surface area contributed by atoms with Gasteiger partial charge in [-0.05, 0) is 36.4 Å². The van der Waals surface area contributed by atoms with Crippen molar-refractivity contribution >= 4 is 34.8 Å². The Morgan fingerprint density at radius 3 is 2.29 bits per heavy atom. The summed E-state index contributed by atoms with van der Waals surface area (Å²) < 4.78 is 27.8. The first kappa shape index (κ1) is 16.5. The average molecular weight is 351 g/mol. The van der Waals surface area contributed by atoms with Crippen molar-refractivity contribution in [3.05, 3.63) is 68.2 Å². The Bertz CT molecular complexity index is 662. The second kappa shape index (κ2) is 6.93. The van der Waals surface area contributed by atoms with Gasteiger partial charge in [0, 0.05) is 15.6 Å². The molecule has 0 amide bonds. The third-order valence-corrected chi connectivity index (χ3v) is 3.88. The maximum absolute atomic E-state index is 14.1. The minimum absolute atomic E-state index is 0.142. The average Bonchev–Trinajstić information content (AvgIpc) is 2.41. The van der Waals surface area contributed by atoms with Crippen LogP contribution in [0, 0.1) is 11.6 Å². The molecule has 0 spiro atoms. The molecule has 112 valence electrons. The molecule has 0 saturated carbocycles. The van der Waals surface area contributed by atoms with Gasteiger partial charge in [0.1, 0.15) is 11.6 Å². The standard InChI is InChI=1S/C15H12Cl3F2N/c1-2-21-15(9-4-3-8(16)5-11(9)17)10-6-14(20)12(18)7-13(10)19/h3-7,15,21H,2H2,1H3. The fourth-order valence-corrected chi connectivity index (χ4v) is 2.75. The van der Waals surface area contributed by atoms with E-state index in [0.29, 0.717) is 22.2 Å². The van der Waals surface area contributed by atoms with Gasteiger partial charge in [-0.15, -0.1) is 0 Å². The second-order valence-corrected chi connectivity index (χ2v) is 5.70. The lowest BCUT2D eigenvalue weighted by Gasteiger charge is -2.21. The van der Waals surface area contributed by atoms with Crippen LogP contribution < -0.4 is 5.32 Å². The van der Waals surface area contributed by atoms with Gasteiger partial charge in [-0.3, -0.25) is 0 Å². The van der Waals surface area contributed by atoms with Crippen molar-refractivity contribution < 1.29 is 8.78 Å². The maximum atomic E-state index is 14.1. The highest BCUT2D eigenvalue weighted by molar-refractivity contribution is 6.35.